The molecule has 2 N–H and O–H groups in total. The smallest absolute Gasteiger partial charge is 0.307 e. The lowest BCUT2D eigenvalue weighted by atomic mass is 10.1. The fraction of sp³-hybridized carbons (Fsp3) is 0.300. The normalized spacial score (nSPS) is 11.6. The van der Waals surface area contributed by atoms with Crippen molar-refractivity contribution in [2.75, 3.05) is 19.7 Å². The van der Waals surface area contributed by atoms with E-state index in [1.165, 1.54) is 6.92 Å². The molecule has 0 aliphatic carbocycles. The highest BCUT2D eigenvalue weighted by Gasteiger charge is 2.13. The Morgan fingerprint density at radius 3 is 2.38 bits per heavy atom. The summed E-state index contributed by atoms with van der Waals surface area (Å²) in [6.07, 6.45) is -0.345. The number of aliphatic carboxylic acids is 1. The summed E-state index contributed by atoms with van der Waals surface area (Å²) in [5, 5.41) is 12.0. The van der Waals surface area contributed by atoms with Crippen LogP contribution in [0.1, 0.15) is 24.2 Å². The van der Waals surface area contributed by atoms with Crippen LogP contribution < -0.4 is 10.1 Å². The summed E-state index contributed by atoms with van der Waals surface area (Å²) in [6, 6.07) is 16.6. The number of ether oxygens (including phenoxy) is 2. The van der Waals surface area contributed by atoms with Gasteiger partial charge in [-0.2, -0.15) is 0 Å². The van der Waals surface area contributed by atoms with Crippen LogP contribution >= 0.6 is 0 Å². The van der Waals surface area contributed by atoms with E-state index in [4.69, 9.17) is 14.6 Å². The number of rotatable bonds is 10. The Hall–Kier alpha value is -2.86. The van der Waals surface area contributed by atoms with Crippen molar-refractivity contribution in [1.82, 2.24) is 5.32 Å². The van der Waals surface area contributed by atoms with E-state index in [0.717, 1.165) is 11.1 Å². The van der Waals surface area contributed by atoms with E-state index in [-0.39, 0.29) is 18.5 Å². The van der Waals surface area contributed by atoms with Crippen molar-refractivity contribution >= 4 is 11.9 Å². The Morgan fingerprint density at radius 1 is 1.08 bits per heavy atom. The van der Waals surface area contributed by atoms with Crippen LogP contribution in [0.4, 0.5) is 0 Å². The first-order chi connectivity index (χ1) is 12.5. The molecule has 2 rings (SSSR count). The van der Waals surface area contributed by atoms with Crippen molar-refractivity contribution in [3.63, 3.8) is 0 Å². The van der Waals surface area contributed by atoms with E-state index >= 15 is 0 Å². The molecule has 0 aromatic heterocycles. The monoisotopic (exact) mass is 357 g/mol. The fourth-order valence-corrected chi connectivity index (χ4v) is 2.45. The average Bonchev–Trinajstić information content (AvgIpc) is 2.62. The Labute approximate surface area is 152 Å². The maximum atomic E-state index is 11.3. The van der Waals surface area contributed by atoms with Gasteiger partial charge in [0, 0.05) is 20.0 Å². The van der Waals surface area contributed by atoms with E-state index < -0.39 is 5.97 Å². The number of hydrogen-bond donors (Lipinski definition) is 2. The third-order valence-electron chi connectivity index (χ3n) is 3.64. The van der Waals surface area contributed by atoms with Crippen LogP contribution in [0.5, 0.6) is 5.75 Å². The number of hydrogen-bond acceptors (Lipinski definition) is 5. The van der Waals surface area contributed by atoms with Crippen molar-refractivity contribution in [3.05, 3.63) is 65.7 Å². The standard InChI is InChI=1S/C20H23NO5/c1-15(22)26-19(17-5-3-2-4-6-17)14-21-11-12-25-18-9-7-16(8-10-18)13-20(23)24/h2-10,19,21H,11-14H2,1H3,(H,23,24)/t19-/m0/s1. The predicted octanol–water partition coefficient (Wildman–Crippen LogP) is 2.59. The van der Waals surface area contributed by atoms with Gasteiger partial charge in [-0.3, -0.25) is 9.59 Å². The Balaban J connectivity index is 1.74. The minimum Gasteiger partial charge on any atom is -0.492 e. The molecule has 0 bridgehead atoms. The minimum absolute atomic E-state index is 0.00113. The molecule has 2 aromatic rings. The van der Waals surface area contributed by atoms with E-state index in [1.54, 1.807) is 24.3 Å². The molecule has 1 atom stereocenters. The van der Waals surface area contributed by atoms with E-state index in [0.29, 0.717) is 25.4 Å². The number of benzene rings is 2. The molecular formula is C20H23NO5. The van der Waals surface area contributed by atoms with Gasteiger partial charge in [-0.15, -0.1) is 0 Å². The van der Waals surface area contributed by atoms with Crippen LogP contribution in [-0.2, 0) is 20.7 Å². The molecule has 0 heterocycles. The quantitative estimate of drug-likeness (QED) is 0.502. The van der Waals surface area contributed by atoms with Gasteiger partial charge in [0.15, 0.2) is 0 Å². The van der Waals surface area contributed by atoms with Crippen LogP contribution in [0.3, 0.4) is 0 Å². The molecule has 26 heavy (non-hydrogen) atoms. The molecule has 138 valence electrons. The molecule has 0 unspecified atom stereocenters. The Bertz CT molecular complexity index is 700. The zero-order valence-electron chi connectivity index (χ0n) is 14.7. The topological polar surface area (TPSA) is 84.9 Å². The average molecular weight is 357 g/mol. The van der Waals surface area contributed by atoms with Crippen molar-refractivity contribution in [2.45, 2.75) is 19.4 Å². The maximum absolute atomic E-state index is 11.3. The summed E-state index contributed by atoms with van der Waals surface area (Å²) in [5.41, 5.74) is 1.67. The molecule has 0 fully saturated rings. The molecular weight excluding hydrogens is 334 g/mol. The molecule has 0 saturated carbocycles. The van der Waals surface area contributed by atoms with E-state index in [2.05, 4.69) is 5.32 Å². The summed E-state index contributed by atoms with van der Waals surface area (Å²) in [5.74, 6) is -0.498. The lowest BCUT2D eigenvalue weighted by Gasteiger charge is -2.18. The molecule has 0 aliphatic rings. The van der Waals surface area contributed by atoms with Gasteiger partial charge in [-0.25, -0.2) is 0 Å². The lowest BCUT2D eigenvalue weighted by molar-refractivity contribution is -0.146. The molecule has 6 nitrogen and oxygen atoms in total. The third kappa shape index (κ3) is 6.94. The van der Waals surface area contributed by atoms with Gasteiger partial charge in [0.25, 0.3) is 0 Å². The number of carbonyl (C=O) groups is 2. The first-order valence-electron chi connectivity index (χ1n) is 8.41. The first-order valence-corrected chi connectivity index (χ1v) is 8.41. The van der Waals surface area contributed by atoms with Gasteiger partial charge < -0.3 is 19.9 Å². The Kier molecular flexibility index (Phi) is 7.64. The number of carboxylic acids is 1. The second kappa shape index (κ2) is 10.2. The number of nitrogens with one attached hydrogen (secondary N) is 1. The van der Waals surface area contributed by atoms with Gasteiger partial charge in [0.1, 0.15) is 18.5 Å². The van der Waals surface area contributed by atoms with Crippen molar-refractivity contribution in [3.8, 4) is 5.75 Å². The van der Waals surface area contributed by atoms with E-state index in [9.17, 15) is 9.59 Å². The fourth-order valence-electron chi connectivity index (χ4n) is 2.45. The molecule has 0 spiro atoms. The molecule has 6 heteroatoms. The first kappa shape index (κ1) is 19.5. The summed E-state index contributed by atoms with van der Waals surface area (Å²) >= 11 is 0. The van der Waals surface area contributed by atoms with Crippen molar-refractivity contribution < 1.29 is 24.2 Å². The highest BCUT2D eigenvalue weighted by Crippen LogP contribution is 2.16. The van der Waals surface area contributed by atoms with Gasteiger partial charge in [0.05, 0.1) is 6.42 Å². The second-order valence-electron chi connectivity index (χ2n) is 5.78. The van der Waals surface area contributed by atoms with Crippen LogP contribution in [0.25, 0.3) is 0 Å². The zero-order chi connectivity index (χ0) is 18.8. The highest BCUT2D eigenvalue weighted by molar-refractivity contribution is 5.70. The molecule has 0 saturated heterocycles. The van der Waals surface area contributed by atoms with Crippen molar-refractivity contribution in [2.24, 2.45) is 0 Å². The van der Waals surface area contributed by atoms with Crippen LogP contribution in [0, 0.1) is 0 Å². The van der Waals surface area contributed by atoms with Gasteiger partial charge in [-0.05, 0) is 23.3 Å². The SMILES string of the molecule is CC(=O)O[C@@H](CNCCOc1ccc(CC(=O)O)cc1)c1ccccc1. The molecule has 0 aliphatic heterocycles. The van der Waals surface area contributed by atoms with Crippen LogP contribution in [0.15, 0.2) is 54.6 Å². The summed E-state index contributed by atoms with van der Waals surface area (Å²) < 4.78 is 11.0. The minimum atomic E-state index is -0.858. The summed E-state index contributed by atoms with van der Waals surface area (Å²) in [7, 11) is 0. The summed E-state index contributed by atoms with van der Waals surface area (Å²) in [6.45, 7) is 2.92. The number of carbonyl (C=O) groups excluding carboxylic acids is 1. The lowest BCUT2D eigenvalue weighted by Crippen LogP contribution is -2.28. The largest absolute Gasteiger partial charge is 0.492 e. The predicted molar refractivity (Wildman–Crippen MR) is 97.1 cm³/mol. The van der Waals surface area contributed by atoms with Crippen LogP contribution in [-0.4, -0.2) is 36.7 Å². The van der Waals surface area contributed by atoms with Gasteiger partial charge >= 0.3 is 11.9 Å². The molecule has 0 radical (unpaired) electrons. The number of esters is 1. The summed E-state index contributed by atoms with van der Waals surface area (Å²) in [4.78, 5) is 21.9. The molecule has 0 amide bonds. The zero-order valence-corrected chi connectivity index (χ0v) is 14.7. The van der Waals surface area contributed by atoms with Gasteiger partial charge in [0.2, 0.25) is 0 Å². The highest BCUT2D eigenvalue weighted by atomic mass is 16.5. The second-order valence-corrected chi connectivity index (χ2v) is 5.78. The third-order valence-corrected chi connectivity index (χ3v) is 3.64. The molecule has 2 aromatic carbocycles. The van der Waals surface area contributed by atoms with Gasteiger partial charge in [-0.1, -0.05) is 42.5 Å². The van der Waals surface area contributed by atoms with E-state index in [1.807, 2.05) is 30.3 Å². The van der Waals surface area contributed by atoms with Crippen molar-refractivity contribution in [1.29, 1.82) is 0 Å². The number of carboxylic acid groups (broad SMARTS) is 1. The maximum Gasteiger partial charge on any atom is 0.307 e. The Morgan fingerprint density at radius 2 is 1.77 bits per heavy atom. The van der Waals surface area contributed by atoms with Crippen LogP contribution in [0.2, 0.25) is 0 Å².